The number of thiazole rings is 1. The molecule has 0 fully saturated rings. The van der Waals surface area contributed by atoms with Crippen molar-refractivity contribution in [1.29, 1.82) is 0 Å². The molecule has 0 amide bonds. The fourth-order valence-corrected chi connectivity index (χ4v) is 2.92. The zero-order chi connectivity index (χ0) is 13.1. The van der Waals surface area contributed by atoms with Gasteiger partial charge in [-0.05, 0) is 18.6 Å². The zero-order valence-corrected chi connectivity index (χ0v) is 12.8. The molecule has 2 aromatic rings. The Bertz CT molecular complexity index is 524. The maximum absolute atomic E-state index is 5.82. The van der Waals surface area contributed by atoms with Crippen LogP contribution < -0.4 is 10.6 Å². The molecule has 0 saturated heterocycles. The van der Waals surface area contributed by atoms with Gasteiger partial charge in [-0.15, -0.1) is 11.3 Å². The van der Waals surface area contributed by atoms with E-state index in [0.29, 0.717) is 0 Å². The van der Waals surface area contributed by atoms with Gasteiger partial charge in [0, 0.05) is 29.5 Å². The van der Waals surface area contributed by atoms with Crippen LogP contribution in [0.5, 0.6) is 0 Å². The average molecular weight is 326 g/mol. The third kappa shape index (κ3) is 3.10. The minimum atomic E-state index is -0.00754. The van der Waals surface area contributed by atoms with Gasteiger partial charge in [-0.3, -0.25) is 0 Å². The molecular formula is C13H16BrN3S. The van der Waals surface area contributed by atoms with Crippen molar-refractivity contribution in [3.63, 3.8) is 0 Å². The predicted molar refractivity (Wildman–Crippen MR) is 81.0 cm³/mol. The van der Waals surface area contributed by atoms with Gasteiger partial charge in [0.15, 0.2) is 5.13 Å². The topological polar surface area (TPSA) is 42.1 Å². The van der Waals surface area contributed by atoms with Crippen molar-refractivity contribution in [2.75, 3.05) is 11.9 Å². The lowest BCUT2D eigenvalue weighted by Gasteiger charge is -2.16. The maximum Gasteiger partial charge on any atom is 0.185 e. The Morgan fingerprint density at radius 2 is 2.17 bits per heavy atom. The highest BCUT2D eigenvalue weighted by molar-refractivity contribution is 9.10. The Labute approximate surface area is 120 Å². The van der Waals surface area contributed by atoms with Gasteiger partial charge in [-0.2, -0.15) is 0 Å². The number of halogens is 1. The van der Waals surface area contributed by atoms with Crippen LogP contribution in [0, 0.1) is 0 Å². The molecule has 0 saturated carbocycles. The SMILES string of the molecule is CC(N)c1csc(N(C)Cc2ccccc2Br)n1. The number of nitrogens with zero attached hydrogens (tertiary/aromatic N) is 2. The first-order valence-electron chi connectivity index (χ1n) is 5.73. The fraction of sp³-hybridized carbons (Fsp3) is 0.308. The summed E-state index contributed by atoms with van der Waals surface area (Å²) >= 11 is 5.19. The number of anilines is 1. The van der Waals surface area contributed by atoms with Gasteiger partial charge < -0.3 is 10.6 Å². The van der Waals surface area contributed by atoms with Crippen molar-refractivity contribution >= 4 is 32.4 Å². The second-order valence-electron chi connectivity index (χ2n) is 4.29. The maximum atomic E-state index is 5.82. The Morgan fingerprint density at radius 3 is 2.78 bits per heavy atom. The average Bonchev–Trinajstić information content (AvgIpc) is 2.81. The summed E-state index contributed by atoms with van der Waals surface area (Å²) in [6, 6.07) is 8.22. The minimum absolute atomic E-state index is 0.00754. The van der Waals surface area contributed by atoms with Gasteiger partial charge in [0.25, 0.3) is 0 Å². The lowest BCUT2D eigenvalue weighted by Crippen LogP contribution is -2.17. The van der Waals surface area contributed by atoms with Crippen LogP contribution in [0.2, 0.25) is 0 Å². The summed E-state index contributed by atoms with van der Waals surface area (Å²) in [7, 11) is 2.04. The summed E-state index contributed by atoms with van der Waals surface area (Å²) in [5.41, 5.74) is 8.02. The molecule has 1 aromatic carbocycles. The summed E-state index contributed by atoms with van der Waals surface area (Å²) in [5, 5.41) is 3.02. The van der Waals surface area contributed by atoms with Crippen molar-refractivity contribution in [3.8, 4) is 0 Å². The second kappa shape index (κ2) is 5.82. The monoisotopic (exact) mass is 325 g/mol. The highest BCUT2D eigenvalue weighted by atomic mass is 79.9. The predicted octanol–water partition coefficient (Wildman–Crippen LogP) is 3.56. The molecule has 1 unspecified atom stereocenters. The summed E-state index contributed by atoms with van der Waals surface area (Å²) in [6.07, 6.45) is 0. The standard InChI is InChI=1S/C13H16BrN3S/c1-9(15)12-8-18-13(16-12)17(2)7-10-5-3-4-6-11(10)14/h3-6,8-9H,7,15H2,1-2H3. The zero-order valence-electron chi connectivity index (χ0n) is 10.4. The molecule has 0 aliphatic carbocycles. The third-order valence-corrected chi connectivity index (χ3v) is 4.41. The molecule has 2 N–H and O–H groups in total. The quantitative estimate of drug-likeness (QED) is 0.934. The molecule has 2 rings (SSSR count). The van der Waals surface area contributed by atoms with Crippen molar-refractivity contribution in [1.82, 2.24) is 4.98 Å². The Balaban J connectivity index is 2.12. The fourth-order valence-electron chi connectivity index (χ4n) is 1.61. The molecule has 0 radical (unpaired) electrons. The van der Waals surface area contributed by atoms with Crippen molar-refractivity contribution < 1.29 is 0 Å². The first-order chi connectivity index (χ1) is 8.58. The molecule has 3 nitrogen and oxygen atoms in total. The second-order valence-corrected chi connectivity index (χ2v) is 5.98. The van der Waals surface area contributed by atoms with Crippen LogP contribution in [-0.2, 0) is 6.54 Å². The van der Waals surface area contributed by atoms with Crippen LogP contribution in [0.1, 0.15) is 24.2 Å². The van der Waals surface area contributed by atoms with E-state index in [-0.39, 0.29) is 6.04 Å². The Kier molecular flexibility index (Phi) is 4.37. The lowest BCUT2D eigenvalue weighted by molar-refractivity contribution is 0.783. The number of benzene rings is 1. The van der Waals surface area contributed by atoms with Gasteiger partial charge in [0.2, 0.25) is 0 Å². The van der Waals surface area contributed by atoms with E-state index in [0.717, 1.165) is 21.8 Å². The summed E-state index contributed by atoms with van der Waals surface area (Å²) in [4.78, 5) is 6.68. The molecule has 0 bridgehead atoms. The smallest absolute Gasteiger partial charge is 0.185 e. The van der Waals surface area contributed by atoms with Gasteiger partial charge in [0.05, 0.1) is 5.69 Å². The molecule has 0 spiro atoms. The van der Waals surface area contributed by atoms with Crippen LogP contribution in [0.15, 0.2) is 34.1 Å². The molecule has 0 aliphatic heterocycles. The largest absolute Gasteiger partial charge is 0.347 e. The number of hydrogen-bond donors (Lipinski definition) is 1. The molecule has 1 heterocycles. The van der Waals surface area contributed by atoms with Crippen LogP contribution in [-0.4, -0.2) is 12.0 Å². The van der Waals surface area contributed by atoms with E-state index in [1.807, 2.05) is 31.5 Å². The van der Waals surface area contributed by atoms with Crippen molar-refractivity contribution in [2.45, 2.75) is 19.5 Å². The normalized spacial score (nSPS) is 12.4. The van der Waals surface area contributed by atoms with Gasteiger partial charge in [-0.1, -0.05) is 34.1 Å². The first-order valence-corrected chi connectivity index (χ1v) is 7.40. The van der Waals surface area contributed by atoms with E-state index >= 15 is 0 Å². The molecule has 5 heteroatoms. The van der Waals surface area contributed by atoms with E-state index in [2.05, 4.69) is 37.9 Å². The van der Waals surface area contributed by atoms with E-state index < -0.39 is 0 Å². The highest BCUT2D eigenvalue weighted by Crippen LogP contribution is 2.25. The van der Waals surface area contributed by atoms with Crippen molar-refractivity contribution in [2.24, 2.45) is 5.73 Å². The van der Waals surface area contributed by atoms with Gasteiger partial charge in [-0.25, -0.2) is 4.98 Å². The van der Waals surface area contributed by atoms with Crippen LogP contribution in [0.3, 0.4) is 0 Å². The van der Waals surface area contributed by atoms with E-state index in [1.165, 1.54) is 5.56 Å². The number of rotatable bonds is 4. The first kappa shape index (κ1) is 13.5. The van der Waals surface area contributed by atoms with Crippen molar-refractivity contribution in [3.05, 3.63) is 45.4 Å². The van der Waals surface area contributed by atoms with Crippen LogP contribution in [0.25, 0.3) is 0 Å². The molecule has 1 atom stereocenters. The number of nitrogens with two attached hydrogens (primary N) is 1. The minimum Gasteiger partial charge on any atom is -0.347 e. The third-order valence-electron chi connectivity index (χ3n) is 2.67. The molecular weight excluding hydrogens is 310 g/mol. The van der Waals surface area contributed by atoms with Gasteiger partial charge >= 0.3 is 0 Å². The molecule has 0 aliphatic rings. The Morgan fingerprint density at radius 1 is 1.44 bits per heavy atom. The highest BCUT2D eigenvalue weighted by Gasteiger charge is 2.10. The number of hydrogen-bond acceptors (Lipinski definition) is 4. The molecule has 1 aromatic heterocycles. The Hall–Kier alpha value is -0.910. The summed E-state index contributed by atoms with van der Waals surface area (Å²) in [6.45, 7) is 2.78. The van der Waals surface area contributed by atoms with E-state index in [1.54, 1.807) is 11.3 Å². The summed E-state index contributed by atoms with van der Waals surface area (Å²) < 4.78 is 1.13. The molecule has 96 valence electrons. The summed E-state index contributed by atoms with van der Waals surface area (Å²) in [5.74, 6) is 0. The number of aromatic nitrogens is 1. The van der Waals surface area contributed by atoms with Crippen LogP contribution >= 0.6 is 27.3 Å². The van der Waals surface area contributed by atoms with E-state index in [9.17, 15) is 0 Å². The van der Waals surface area contributed by atoms with E-state index in [4.69, 9.17) is 5.73 Å². The molecule has 18 heavy (non-hydrogen) atoms. The van der Waals surface area contributed by atoms with Crippen LogP contribution in [0.4, 0.5) is 5.13 Å². The lowest BCUT2D eigenvalue weighted by atomic mass is 10.2. The van der Waals surface area contributed by atoms with Gasteiger partial charge in [0.1, 0.15) is 0 Å².